The third-order valence-corrected chi connectivity index (χ3v) is 12.3. The second-order valence-corrected chi connectivity index (χ2v) is 16.1. The van der Waals surface area contributed by atoms with Gasteiger partial charge >= 0.3 is 0 Å². The van der Waals surface area contributed by atoms with Gasteiger partial charge in [-0.25, -0.2) is 0 Å². The lowest BCUT2D eigenvalue weighted by molar-refractivity contribution is 1.18. The van der Waals surface area contributed by atoms with Gasteiger partial charge in [0.15, 0.2) is 0 Å². The molecule has 4 heteroatoms. The van der Waals surface area contributed by atoms with Crippen LogP contribution >= 0.6 is 0 Å². The fourth-order valence-electron chi connectivity index (χ4n) is 9.46. The smallest absolute Gasteiger partial charge is 0.0542 e. The minimum Gasteiger partial charge on any atom is -0.310 e. The molecule has 2 heterocycles. The first-order valence-corrected chi connectivity index (χ1v) is 22.0. The van der Waals surface area contributed by atoms with Crippen LogP contribution in [0.3, 0.4) is 0 Å². The van der Waals surface area contributed by atoms with Gasteiger partial charge in [0.05, 0.1) is 22.1 Å². The molecule has 0 aliphatic carbocycles. The van der Waals surface area contributed by atoms with Crippen LogP contribution in [-0.2, 0) is 0 Å². The monoisotopic (exact) mass is 822 g/mol. The van der Waals surface area contributed by atoms with Crippen molar-refractivity contribution in [1.29, 1.82) is 0 Å². The summed E-state index contributed by atoms with van der Waals surface area (Å²) < 4.78 is 4.73. The molecule has 0 bridgehead atoms. The fraction of sp³-hybridized carbons (Fsp3) is 0.0333. The zero-order chi connectivity index (χ0) is 43.0. The highest BCUT2D eigenvalue weighted by molar-refractivity contribution is 6.12. The van der Waals surface area contributed by atoms with Gasteiger partial charge in [-0.2, -0.15) is 0 Å². The molecule has 0 radical (unpaired) electrons. The molecule has 0 saturated carbocycles. The summed E-state index contributed by atoms with van der Waals surface area (Å²) in [4.78, 5) is 4.71. The Balaban J connectivity index is 0.952. The van der Waals surface area contributed by atoms with E-state index in [0.29, 0.717) is 0 Å². The molecule has 9 aromatic carbocycles. The minimum absolute atomic E-state index is 1.09. The van der Waals surface area contributed by atoms with Gasteiger partial charge in [-0.1, -0.05) is 127 Å². The molecule has 306 valence electrons. The van der Waals surface area contributed by atoms with E-state index in [1.54, 1.807) is 0 Å². The predicted octanol–water partition coefficient (Wildman–Crippen LogP) is 16.9. The van der Waals surface area contributed by atoms with E-state index in [-0.39, 0.29) is 0 Å². The Bertz CT molecular complexity index is 3490. The molecular weight excluding hydrogens is 777 g/mol. The summed E-state index contributed by atoms with van der Waals surface area (Å²) in [5.41, 5.74) is 16.0. The number of hydrogen-bond donors (Lipinski definition) is 0. The minimum atomic E-state index is 1.09. The summed E-state index contributed by atoms with van der Waals surface area (Å²) in [6.45, 7) is 4.18. The zero-order valence-corrected chi connectivity index (χ0v) is 35.9. The molecule has 0 unspecified atom stereocenters. The Morgan fingerprint density at radius 3 is 1.28 bits per heavy atom. The normalized spacial score (nSPS) is 11.9. The fourth-order valence-corrected chi connectivity index (χ4v) is 9.46. The van der Waals surface area contributed by atoms with Crippen molar-refractivity contribution < 1.29 is 0 Å². The van der Waals surface area contributed by atoms with Gasteiger partial charge < -0.3 is 18.9 Å². The number of para-hydroxylation sites is 5. The van der Waals surface area contributed by atoms with Crippen molar-refractivity contribution >= 4 is 83.4 Å². The maximum Gasteiger partial charge on any atom is 0.0542 e. The summed E-state index contributed by atoms with van der Waals surface area (Å²) in [6.07, 6.45) is 6.46. The van der Waals surface area contributed by atoms with Crippen molar-refractivity contribution in [1.82, 2.24) is 9.13 Å². The summed E-state index contributed by atoms with van der Waals surface area (Å²) in [5.74, 6) is 0. The number of nitrogens with zero attached hydrogens (tertiary/aromatic N) is 4. The van der Waals surface area contributed by atoms with Crippen molar-refractivity contribution in [3.63, 3.8) is 0 Å². The molecule has 0 spiro atoms. The number of anilines is 6. The molecular formula is C60H46N4. The standard InChI is InChI=1S/C60H46N4/c1-3-18-45(4-2)63-57-27-16-14-25-53(57)55-41-51(37-39-59(55)63)61(46-19-8-5-9-20-46)49-33-29-43(30-34-49)44-31-35-50(36-32-44)62(47-21-10-6-11-22-47)52-38-40-60-56(42-52)54-26-15-17-28-58(54)64(60)48-23-12-7-13-24-48/h3-42H,1-2H3. The highest BCUT2D eigenvalue weighted by atomic mass is 15.1. The van der Waals surface area contributed by atoms with Gasteiger partial charge in [0.25, 0.3) is 0 Å². The van der Waals surface area contributed by atoms with E-state index >= 15 is 0 Å². The van der Waals surface area contributed by atoms with Crippen molar-refractivity contribution in [3.05, 3.63) is 243 Å². The lowest BCUT2D eigenvalue weighted by atomic mass is 10.0. The average Bonchev–Trinajstić information content (AvgIpc) is 3.87. The highest BCUT2D eigenvalue weighted by Gasteiger charge is 2.20. The number of allylic oxidation sites excluding steroid dienone is 4. The van der Waals surface area contributed by atoms with Crippen molar-refractivity contribution in [2.75, 3.05) is 9.80 Å². The van der Waals surface area contributed by atoms with Crippen LogP contribution in [0.15, 0.2) is 243 Å². The summed E-state index contributed by atoms with van der Waals surface area (Å²) >= 11 is 0. The molecule has 0 N–H and O–H groups in total. The largest absolute Gasteiger partial charge is 0.310 e. The lowest BCUT2D eigenvalue weighted by Gasteiger charge is -2.26. The van der Waals surface area contributed by atoms with Gasteiger partial charge in [0.1, 0.15) is 0 Å². The SMILES string of the molecule is CC=CC(=CC)n1c2ccccc2c2cc(N(c3ccccc3)c3ccc(-c4ccc(N(c5ccccc5)c5ccc6c(c5)c5ccccc5n6-c5ccccc5)cc4)cc3)ccc21. The van der Waals surface area contributed by atoms with Gasteiger partial charge in [-0.15, -0.1) is 0 Å². The Morgan fingerprint density at radius 1 is 0.359 bits per heavy atom. The Hall–Kier alpha value is -8.34. The van der Waals surface area contributed by atoms with Crippen molar-refractivity contribution in [3.8, 4) is 16.8 Å². The van der Waals surface area contributed by atoms with E-state index in [4.69, 9.17) is 0 Å². The first kappa shape index (κ1) is 38.6. The molecule has 0 fully saturated rings. The number of rotatable bonds is 10. The van der Waals surface area contributed by atoms with Gasteiger partial charge in [0.2, 0.25) is 0 Å². The van der Waals surface area contributed by atoms with Crippen molar-refractivity contribution in [2.45, 2.75) is 13.8 Å². The van der Waals surface area contributed by atoms with E-state index < -0.39 is 0 Å². The Kier molecular flexibility index (Phi) is 9.95. The van der Waals surface area contributed by atoms with Gasteiger partial charge in [-0.05, 0) is 140 Å². The van der Waals surface area contributed by atoms with E-state index in [0.717, 1.165) is 56.6 Å². The van der Waals surface area contributed by atoms with Gasteiger partial charge in [-0.3, -0.25) is 0 Å². The van der Waals surface area contributed by atoms with E-state index in [1.807, 2.05) is 0 Å². The maximum absolute atomic E-state index is 2.37. The summed E-state index contributed by atoms with van der Waals surface area (Å²) in [6, 6.07) is 81.0. The van der Waals surface area contributed by atoms with Crippen LogP contribution in [0.2, 0.25) is 0 Å². The molecule has 64 heavy (non-hydrogen) atoms. The molecule has 0 aliphatic heterocycles. The van der Waals surface area contributed by atoms with Crippen LogP contribution in [0.4, 0.5) is 34.1 Å². The number of fused-ring (bicyclic) bond motifs is 6. The van der Waals surface area contributed by atoms with Crippen LogP contribution in [0.1, 0.15) is 13.8 Å². The molecule has 4 nitrogen and oxygen atoms in total. The third-order valence-electron chi connectivity index (χ3n) is 12.3. The second kappa shape index (κ2) is 16.5. The third kappa shape index (κ3) is 6.73. The predicted molar refractivity (Wildman–Crippen MR) is 273 cm³/mol. The van der Waals surface area contributed by atoms with E-state index in [1.165, 1.54) is 43.6 Å². The summed E-state index contributed by atoms with van der Waals surface area (Å²) in [7, 11) is 0. The lowest BCUT2D eigenvalue weighted by Crippen LogP contribution is -2.10. The quantitative estimate of drug-likeness (QED) is 0.128. The average molecular weight is 823 g/mol. The number of benzene rings is 9. The highest BCUT2D eigenvalue weighted by Crippen LogP contribution is 2.42. The van der Waals surface area contributed by atoms with E-state index in [2.05, 4.69) is 275 Å². The molecule has 0 amide bonds. The molecule has 2 aromatic heterocycles. The zero-order valence-electron chi connectivity index (χ0n) is 35.9. The first-order chi connectivity index (χ1) is 31.7. The maximum atomic E-state index is 2.37. The first-order valence-electron chi connectivity index (χ1n) is 22.0. The van der Waals surface area contributed by atoms with Crippen molar-refractivity contribution in [2.24, 2.45) is 0 Å². The topological polar surface area (TPSA) is 16.3 Å². The Labute approximate surface area is 374 Å². The molecule has 11 rings (SSSR count). The Morgan fingerprint density at radius 2 is 0.750 bits per heavy atom. The molecule has 0 atom stereocenters. The second-order valence-electron chi connectivity index (χ2n) is 16.1. The number of aromatic nitrogens is 2. The van der Waals surface area contributed by atoms with Crippen LogP contribution in [0, 0.1) is 0 Å². The summed E-state index contributed by atoms with van der Waals surface area (Å²) in [5, 5.41) is 4.91. The van der Waals surface area contributed by atoms with Crippen LogP contribution in [-0.4, -0.2) is 9.13 Å². The molecule has 0 saturated heterocycles. The number of hydrogen-bond acceptors (Lipinski definition) is 2. The van der Waals surface area contributed by atoms with Gasteiger partial charge in [0, 0.05) is 67.1 Å². The molecule has 0 aliphatic rings. The van der Waals surface area contributed by atoms with Crippen LogP contribution in [0.5, 0.6) is 0 Å². The molecule has 11 aromatic rings. The van der Waals surface area contributed by atoms with Crippen LogP contribution < -0.4 is 9.80 Å². The van der Waals surface area contributed by atoms with E-state index in [9.17, 15) is 0 Å². The van der Waals surface area contributed by atoms with Crippen LogP contribution in [0.25, 0.3) is 66.1 Å².